The van der Waals surface area contributed by atoms with Crippen LogP contribution < -0.4 is 10.2 Å². The highest BCUT2D eigenvalue weighted by Gasteiger charge is 2.22. The number of amides is 2. The number of carbonyl (C=O) groups is 2. The zero-order valence-corrected chi connectivity index (χ0v) is 18.7. The number of nitrogens with one attached hydrogen (secondary N) is 1. The van der Waals surface area contributed by atoms with E-state index < -0.39 is 0 Å². The molecule has 0 unspecified atom stereocenters. The molecular weight excluding hydrogens is 424 g/mol. The van der Waals surface area contributed by atoms with Crippen LogP contribution in [0.1, 0.15) is 32.7 Å². The van der Waals surface area contributed by atoms with Crippen molar-refractivity contribution in [3.05, 3.63) is 88.6 Å². The van der Waals surface area contributed by atoms with Crippen molar-refractivity contribution in [1.29, 1.82) is 0 Å². The average Bonchev–Trinajstić information content (AvgIpc) is 3.06. The highest BCUT2D eigenvalue weighted by Crippen LogP contribution is 2.20. The molecule has 164 valence electrons. The first kappa shape index (κ1) is 21.8. The molecule has 0 spiro atoms. The fourth-order valence-electron chi connectivity index (χ4n) is 3.79. The highest BCUT2D eigenvalue weighted by molar-refractivity contribution is 6.33. The van der Waals surface area contributed by atoms with Gasteiger partial charge in [0.2, 0.25) is 0 Å². The summed E-state index contributed by atoms with van der Waals surface area (Å²) in [5.41, 5.74) is 2.83. The third-order valence-corrected chi connectivity index (χ3v) is 5.83. The lowest BCUT2D eigenvalue weighted by molar-refractivity contribution is 0.0767. The van der Waals surface area contributed by atoms with Gasteiger partial charge in [0.1, 0.15) is 5.82 Å². The molecule has 1 N–H and O–H groups in total. The first-order valence-corrected chi connectivity index (χ1v) is 11.0. The van der Waals surface area contributed by atoms with Gasteiger partial charge in [-0.15, -0.1) is 0 Å². The average molecular weight is 449 g/mol. The Bertz CT molecular complexity index is 1120. The van der Waals surface area contributed by atoms with Crippen LogP contribution in [0.25, 0.3) is 0 Å². The third-order valence-electron chi connectivity index (χ3n) is 5.50. The molecule has 7 heteroatoms. The van der Waals surface area contributed by atoms with Gasteiger partial charge < -0.3 is 15.1 Å². The van der Waals surface area contributed by atoms with Crippen molar-refractivity contribution >= 4 is 34.9 Å². The Balaban J connectivity index is 1.38. The second-order valence-electron chi connectivity index (χ2n) is 7.84. The van der Waals surface area contributed by atoms with Gasteiger partial charge >= 0.3 is 0 Å². The van der Waals surface area contributed by atoms with Crippen LogP contribution in [0.3, 0.4) is 0 Å². The van der Waals surface area contributed by atoms with E-state index in [-0.39, 0.29) is 11.8 Å². The molecule has 4 rings (SSSR count). The van der Waals surface area contributed by atoms with E-state index in [1.165, 1.54) is 0 Å². The summed E-state index contributed by atoms with van der Waals surface area (Å²) < 4.78 is 0. The van der Waals surface area contributed by atoms with Gasteiger partial charge in [-0.2, -0.15) is 0 Å². The number of aryl methyl sites for hydroxylation is 1. The van der Waals surface area contributed by atoms with E-state index in [0.717, 1.165) is 24.3 Å². The van der Waals surface area contributed by atoms with Crippen LogP contribution in [-0.2, 0) is 0 Å². The van der Waals surface area contributed by atoms with Crippen LogP contribution in [-0.4, -0.2) is 47.9 Å². The maximum absolute atomic E-state index is 12.9. The topological polar surface area (TPSA) is 65.5 Å². The van der Waals surface area contributed by atoms with Gasteiger partial charge in [-0.25, -0.2) is 4.98 Å². The molecule has 1 aliphatic rings. The standard InChI is InChI=1S/C25H25ClN4O2/c1-18-6-4-7-19(16-18)24(31)28-20-10-11-23(27-17-20)29-12-5-13-30(15-14-29)25(32)21-8-2-3-9-22(21)26/h2-4,6-11,16-17H,5,12-15H2,1H3,(H,28,31). The van der Waals surface area contributed by atoms with Crippen LogP contribution in [0, 0.1) is 6.92 Å². The SMILES string of the molecule is Cc1cccc(C(=O)Nc2ccc(N3CCCN(C(=O)c4ccccc4Cl)CC3)nc2)c1. The van der Waals surface area contributed by atoms with Crippen molar-refractivity contribution in [2.24, 2.45) is 0 Å². The van der Waals surface area contributed by atoms with E-state index in [0.29, 0.717) is 41.5 Å². The molecule has 0 saturated carbocycles. The summed E-state index contributed by atoms with van der Waals surface area (Å²) >= 11 is 6.20. The summed E-state index contributed by atoms with van der Waals surface area (Å²) in [6, 6.07) is 18.4. The first-order chi connectivity index (χ1) is 15.5. The van der Waals surface area contributed by atoms with Crippen molar-refractivity contribution in [1.82, 2.24) is 9.88 Å². The zero-order chi connectivity index (χ0) is 22.5. The Hall–Kier alpha value is -3.38. The quantitative estimate of drug-likeness (QED) is 0.631. The Kier molecular flexibility index (Phi) is 6.71. The van der Waals surface area contributed by atoms with Crippen molar-refractivity contribution in [3.8, 4) is 0 Å². The van der Waals surface area contributed by atoms with Gasteiger partial charge in [0.05, 0.1) is 22.5 Å². The van der Waals surface area contributed by atoms with E-state index in [2.05, 4.69) is 15.2 Å². The first-order valence-electron chi connectivity index (χ1n) is 10.6. The number of aromatic nitrogens is 1. The molecule has 0 radical (unpaired) electrons. The Labute approximate surface area is 192 Å². The second-order valence-corrected chi connectivity index (χ2v) is 8.25. The smallest absolute Gasteiger partial charge is 0.255 e. The van der Waals surface area contributed by atoms with E-state index in [9.17, 15) is 9.59 Å². The number of pyridine rings is 1. The highest BCUT2D eigenvalue weighted by atomic mass is 35.5. The van der Waals surface area contributed by atoms with Crippen molar-refractivity contribution < 1.29 is 9.59 Å². The third kappa shape index (κ3) is 5.08. The van der Waals surface area contributed by atoms with Crippen LogP contribution in [0.2, 0.25) is 5.02 Å². The fraction of sp³-hybridized carbons (Fsp3) is 0.240. The van der Waals surface area contributed by atoms with Crippen LogP contribution in [0.4, 0.5) is 11.5 Å². The maximum atomic E-state index is 12.9. The Morgan fingerprint density at radius 2 is 1.81 bits per heavy atom. The van der Waals surface area contributed by atoms with Gasteiger partial charge in [-0.1, -0.05) is 41.4 Å². The molecule has 2 aromatic carbocycles. The Morgan fingerprint density at radius 1 is 0.969 bits per heavy atom. The number of rotatable bonds is 4. The van der Waals surface area contributed by atoms with Crippen LogP contribution in [0.5, 0.6) is 0 Å². The molecule has 3 aromatic rings. The molecule has 2 heterocycles. The molecule has 32 heavy (non-hydrogen) atoms. The molecule has 1 aromatic heterocycles. The predicted octanol–water partition coefficient (Wildman–Crippen LogP) is 4.65. The lowest BCUT2D eigenvalue weighted by Gasteiger charge is -2.23. The van der Waals surface area contributed by atoms with Crippen molar-refractivity contribution in [3.63, 3.8) is 0 Å². The number of anilines is 2. The van der Waals surface area contributed by atoms with Gasteiger partial charge in [0, 0.05) is 31.7 Å². The molecule has 0 bridgehead atoms. The van der Waals surface area contributed by atoms with E-state index >= 15 is 0 Å². The number of carbonyl (C=O) groups excluding carboxylic acids is 2. The lowest BCUT2D eigenvalue weighted by atomic mass is 10.1. The van der Waals surface area contributed by atoms with Gasteiger partial charge in [-0.05, 0) is 49.7 Å². The monoisotopic (exact) mass is 448 g/mol. The Morgan fingerprint density at radius 3 is 2.56 bits per heavy atom. The molecule has 0 atom stereocenters. The van der Waals surface area contributed by atoms with Crippen LogP contribution >= 0.6 is 11.6 Å². The molecule has 1 fully saturated rings. The minimum atomic E-state index is -0.160. The van der Waals surface area contributed by atoms with E-state index in [4.69, 9.17) is 11.6 Å². The largest absolute Gasteiger partial charge is 0.355 e. The fourth-order valence-corrected chi connectivity index (χ4v) is 4.01. The zero-order valence-electron chi connectivity index (χ0n) is 17.9. The van der Waals surface area contributed by atoms with Crippen molar-refractivity contribution in [2.45, 2.75) is 13.3 Å². The van der Waals surface area contributed by atoms with Gasteiger partial charge in [0.25, 0.3) is 11.8 Å². The molecule has 0 aliphatic carbocycles. The maximum Gasteiger partial charge on any atom is 0.255 e. The number of hydrogen-bond donors (Lipinski definition) is 1. The van der Waals surface area contributed by atoms with E-state index in [1.54, 1.807) is 24.4 Å². The number of halogens is 1. The summed E-state index contributed by atoms with van der Waals surface area (Å²) in [5.74, 6) is 0.622. The molecule has 1 saturated heterocycles. The minimum Gasteiger partial charge on any atom is -0.355 e. The lowest BCUT2D eigenvalue weighted by Crippen LogP contribution is -2.35. The van der Waals surface area contributed by atoms with E-state index in [1.807, 2.05) is 54.3 Å². The second kappa shape index (κ2) is 9.83. The number of benzene rings is 2. The number of nitrogens with zero attached hydrogens (tertiary/aromatic N) is 3. The summed E-state index contributed by atoms with van der Waals surface area (Å²) in [7, 11) is 0. The summed E-state index contributed by atoms with van der Waals surface area (Å²) in [5, 5.41) is 3.36. The summed E-state index contributed by atoms with van der Waals surface area (Å²) in [6.07, 6.45) is 2.50. The molecule has 1 aliphatic heterocycles. The minimum absolute atomic E-state index is 0.0420. The summed E-state index contributed by atoms with van der Waals surface area (Å²) in [6.45, 7) is 4.70. The predicted molar refractivity (Wildman–Crippen MR) is 128 cm³/mol. The van der Waals surface area contributed by atoms with Gasteiger partial charge in [-0.3, -0.25) is 9.59 Å². The number of hydrogen-bond acceptors (Lipinski definition) is 4. The molecule has 2 amide bonds. The van der Waals surface area contributed by atoms with Crippen molar-refractivity contribution in [2.75, 3.05) is 36.4 Å². The normalized spacial score (nSPS) is 14.1. The van der Waals surface area contributed by atoms with Crippen LogP contribution in [0.15, 0.2) is 66.9 Å². The van der Waals surface area contributed by atoms with Gasteiger partial charge in [0.15, 0.2) is 0 Å². The summed E-state index contributed by atoms with van der Waals surface area (Å²) in [4.78, 5) is 33.9. The molecular formula is C25H25ClN4O2. The molecule has 6 nitrogen and oxygen atoms in total.